The lowest BCUT2D eigenvalue weighted by Crippen LogP contribution is -2.59. The number of rotatable bonds is 5. The maximum atomic E-state index is 13.2. The lowest BCUT2D eigenvalue weighted by molar-refractivity contribution is -0.181. The second kappa shape index (κ2) is 8.86. The highest BCUT2D eigenvalue weighted by atomic mass is 16.5. The van der Waals surface area contributed by atoms with Gasteiger partial charge in [-0.2, -0.15) is 0 Å². The second-order valence-corrected chi connectivity index (χ2v) is 11.8. The molecule has 4 fully saturated rings. The summed E-state index contributed by atoms with van der Waals surface area (Å²) in [6.07, 6.45) is 3.73. The molecule has 184 valence electrons. The normalized spacial score (nSPS) is 46.2. The van der Waals surface area contributed by atoms with Crippen molar-refractivity contribution in [1.82, 2.24) is 0 Å². The minimum atomic E-state index is -0.817. The zero-order valence-corrected chi connectivity index (χ0v) is 20.3. The first-order valence-electron chi connectivity index (χ1n) is 12.7. The molecule has 4 aliphatic rings. The summed E-state index contributed by atoms with van der Waals surface area (Å²) < 4.78 is 6.03. The first kappa shape index (κ1) is 24.5. The number of aliphatic hydroxyl groups is 2. The zero-order chi connectivity index (χ0) is 24.1. The van der Waals surface area contributed by atoms with E-state index in [2.05, 4.69) is 23.9 Å². The molecule has 2 N–H and O–H groups in total. The van der Waals surface area contributed by atoms with Crippen LogP contribution in [-0.4, -0.2) is 46.3 Å². The molecule has 1 unspecified atom stereocenters. The van der Waals surface area contributed by atoms with E-state index < -0.39 is 24.2 Å². The summed E-state index contributed by atoms with van der Waals surface area (Å²) in [5.41, 5.74) is 8.42. The van der Waals surface area contributed by atoms with E-state index in [1.165, 1.54) is 0 Å². The molecular weight excluding hydrogens is 422 g/mol. The lowest BCUT2D eigenvalue weighted by Gasteiger charge is -2.60. The number of fused-ring (bicyclic) bond motifs is 5. The smallest absolute Gasteiger partial charge is 0.315 e. The van der Waals surface area contributed by atoms with E-state index in [0.717, 1.165) is 32.1 Å². The highest BCUT2D eigenvalue weighted by Gasteiger charge is 2.63. The number of aliphatic hydroxyl groups excluding tert-OH is 2. The molecule has 4 saturated carbocycles. The van der Waals surface area contributed by atoms with Gasteiger partial charge in [-0.15, -0.1) is 0 Å². The van der Waals surface area contributed by atoms with E-state index >= 15 is 0 Å². The van der Waals surface area contributed by atoms with Crippen LogP contribution in [0.15, 0.2) is 5.11 Å². The average Bonchev–Trinajstić information content (AvgIpc) is 3.09. The number of nitrogens with zero attached hydrogens (tertiary/aromatic N) is 3. The average molecular weight is 462 g/mol. The van der Waals surface area contributed by atoms with Gasteiger partial charge in [-0.1, -0.05) is 39.2 Å². The largest absolute Gasteiger partial charge is 0.461 e. The minimum absolute atomic E-state index is 0.0879. The highest BCUT2D eigenvalue weighted by Crippen LogP contribution is 2.65. The van der Waals surface area contributed by atoms with Gasteiger partial charge in [0.2, 0.25) is 0 Å². The molecule has 0 aromatic carbocycles. The summed E-state index contributed by atoms with van der Waals surface area (Å²) in [6, 6.07) is -0.815. The molecule has 4 aliphatic carbocycles. The van der Waals surface area contributed by atoms with Crippen molar-refractivity contribution in [3.63, 3.8) is 0 Å². The number of ketones is 1. The summed E-state index contributed by atoms with van der Waals surface area (Å²) >= 11 is 0. The summed E-state index contributed by atoms with van der Waals surface area (Å²) in [7, 11) is 0. The predicted molar refractivity (Wildman–Crippen MR) is 122 cm³/mol. The van der Waals surface area contributed by atoms with Gasteiger partial charge >= 0.3 is 5.97 Å². The number of azide groups is 1. The van der Waals surface area contributed by atoms with Crippen molar-refractivity contribution < 1.29 is 24.5 Å². The van der Waals surface area contributed by atoms with Crippen molar-refractivity contribution in [2.24, 2.45) is 45.5 Å². The van der Waals surface area contributed by atoms with Crippen molar-refractivity contribution >= 4 is 11.8 Å². The van der Waals surface area contributed by atoms with E-state index in [-0.39, 0.29) is 46.4 Å². The fraction of sp³-hybridized carbons (Fsp3) is 0.920. The molecule has 33 heavy (non-hydrogen) atoms. The third-order valence-corrected chi connectivity index (χ3v) is 10.2. The molecule has 11 atom stereocenters. The number of hydrogen-bond acceptors (Lipinski definition) is 6. The molecule has 0 saturated heterocycles. The van der Waals surface area contributed by atoms with E-state index in [1.54, 1.807) is 0 Å². The molecule has 0 radical (unpaired) electrons. The number of esters is 1. The van der Waals surface area contributed by atoms with Crippen LogP contribution in [0, 0.1) is 40.4 Å². The zero-order valence-electron chi connectivity index (χ0n) is 20.3. The van der Waals surface area contributed by atoms with Crippen molar-refractivity contribution in [2.75, 3.05) is 0 Å². The quantitative estimate of drug-likeness (QED) is 0.274. The third-order valence-electron chi connectivity index (χ3n) is 10.2. The molecule has 0 heterocycles. The number of ether oxygens (including phenoxy) is 1. The molecule has 8 nitrogen and oxygen atoms in total. The second-order valence-electron chi connectivity index (χ2n) is 11.8. The van der Waals surface area contributed by atoms with Crippen LogP contribution in [0.2, 0.25) is 0 Å². The Morgan fingerprint density at radius 2 is 1.91 bits per heavy atom. The Balaban J connectivity index is 1.54. The van der Waals surface area contributed by atoms with Crippen LogP contribution in [0.25, 0.3) is 10.4 Å². The maximum absolute atomic E-state index is 13.2. The Labute approximate surface area is 196 Å². The number of hydrogen-bond donors (Lipinski definition) is 2. The molecule has 0 spiro atoms. The van der Waals surface area contributed by atoms with Gasteiger partial charge < -0.3 is 14.9 Å². The highest BCUT2D eigenvalue weighted by molar-refractivity contribution is 5.83. The van der Waals surface area contributed by atoms with Gasteiger partial charge in [0, 0.05) is 22.7 Å². The van der Waals surface area contributed by atoms with Crippen LogP contribution in [0.3, 0.4) is 0 Å². The molecule has 4 rings (SSSR count). The van der Waals surface area contributed by atoms with E-state index in [1.807, 2.05) is 13.8 Å². The Morgan fingerprint density at radius 1 is 1.21 bits per heavy atom. The van der Waals surface area contributed by atoms with Crippen LogP contribution in [0.4, 0.5) is 0 Å². The number of Topliss-reactive ketones (excluding diaryl/α,β-unsaturated/α-hetero) is 1. The van der Waals surface area contributed by atoms with Crippen molar-refractivity contribution in [1.29, 1.82) is 0 Å². The van der Waals surface area contributed by atoms with Gasteiger partial charge in [0.25, 0.3) is 0 Å². The number of carbonyl (C=O) groups is 2. The van der Waals surface area contributed by atoms with Crippen molar-refractivity contribution in [3.05, 3.63) is 10.4 Å². The molecule has 0 amide bonds. The van der Waals surface area contributed by atoms with Gasteiger partial charge in [0.1, 0.15) is 17.9 Å². The minimum Gasteiger partial charge on any atom is -0.461 e. The Hall–Kier alpha value is -1.63. The van der Waals surface area contributed by atoms with Gasteiger partial charge in [-0.05, 0) is 73.1 Å². The Kier molecular flexibility index (Phi) is 6.58. The summed E-state index contributed by atoms with van der Waals surface area (Å²) in [5.74, 6) is 0.326. The van der Waals surface area contributed by atoms with E-state index in [9.17, 15) is 19.8 Å². The molecule has 8 heteroatoms. The predicted octanol–water partition coefficient (Wildman–Crippen LogP) is 4.18. The standard InChI is InChI=1S/C25H39N3O5/c1-5-13(2)22(27-28-26)23(32)33-21-7-6-15-14-10-18(29)17-11-19(30)20(31)12-25(17,4)16(14)8-9-24(15,21)3/h13-17,19-22,30-31H,5-12H2,1-4H3/t13?,14-,15-,16-,17+,19-,20+,21-,22+,24-,25+/m0/s1. The van der Waals surface area contributed by atoms with E-state index in [4.69, 9.17) is 10.3 Å². The molecule has 0 bridgehead atoms. The van der Waals surface area contributed by atoms with Crippen LogP contribution < -0.4 is 0 Å². The van der Waals surface area contributed by atoms with Gasteiger partial charge in [0.15, 0.2) is 0 Å². The third kappa shape index (κ3) is 3.88. The van der Waals surface area contributed by atoms with Gasteiger partial charge in [-0.25, -0.2) is 0 Å². The monoisotopic (exact) mass is 461 g/mol. The van der Waals surface area contributed by atoms with Crippen LogP contribution in [0.1, 0.15) is 79.1 Å². The van der Waals surface area contributed by atoms with Crippen LogP contribution in [-0.2, 0) is 14.3 Å². The summed E-state index contributed by atoms with van der Waals surface area (Å²) in [4.78, 5) is 29.1. The van der Waals surface area contributed by atoms with Crippen LogP contribution >= 0.6 is 0 Å². The van der Waals surface area contributed by atoms with E-state index in [0.29, 0.717) is 25.2 Å². The lowest BCUT2D eigenvalue weighted by atomic mass is 9.44. The Bertz CT molecular complexity index is 844. The summed E-state index contributed by atoms with van der Waals surface area (Å²) in [6.45, 7) is 8.20. The fourth-order valence-electron chi connectivity index (χ4n) is 8.10. The molecular formula is C25H39N3O5. The molecule has 0 aliphatic heterocycles. The van der Waals surface area contributed by atoms with Gasteiger partial charge in [-0.3, -0.25) is 9.59 Å². The Morgan fingerprint density at radius 3 is 2.58 bits per heavy atom. The first-order valence-corrected chi connectivity index (χ1v) is 12.7. The molecule has 0 aromatic heterocycles. The van der Waals surface area contributed by atoms with Crippen molar-refractivity contribution in [2.45, 2.75) is 103 Å². The number of carbonyl (C=O) groups excluding carboxylic acids is 2. The first-order chi connectivity index (χ1) is 15.6. The SMILES string of the molecule is CCC(C)[C@@H](N=[N+]=[N-])C(=O)O[C@H]1CC[C@H]2[C@@H]3CC(=O)[C@H]4C[C@H](O)[C@H](O)C[C@]4(C)[C@H]3CC[C@]12C. The summed E-state index contributed by atoms with van der Waals surface area (Å²) in [5, 5.41) is 24.4. The van der Waals surface area contributed by atoms with Crippen molar-refractivity contribution in [3.8, 4) is 0 Å². The topological polar surface area (TPSA) is 133 Å². The van der Waals surface area contributed by atoms with Gasteiger partial charge in [0.05, 0.1) is 12.2 Å². The molecule has 0 aromatic rings. The van der Waals surface area contributed by atoms with Crippen LogP contribution in [0.5, 0.6) is 0 Å². The maximum Gasteiger partial charge on any atom is 0.315 e. The fourth-order valence-corrected chi connectivity index (χ4v) is 8.10.